The lowest BCUT2D eigenvalue weighted by molar-refractivity contribution is 0.441. The summed E-state index contributed by atoms with van der Waals surface area (Å²) in [5, 5.41) is 0.234. The molecule has 4 heteroatoms. The fraction of sp³-hybridized carbons (Fsp3) is 0.200. The van der Waals surface area contributed by atoms with Gasteiger partial charge in [0.2, 0.25) is 0 Å². The number of rotatable bonds is 4. The Morgan fingerprint density at radius 3 is 2.53 bits per heavy atom. The SMILES string of the molecule is CC[C@H](N)c1ccc(F)c(Oc2ccccc2)c1Cl. The van der Waals surface area contributed by atoms with E-state index in [1.165, 1.54) is 6.07 Å². The van der Waals surface area contributed by atoms with Gasteiger partial charge in [0.05, 0.1) is 5.02 Å². The maximum atomic E-state index is 13.8. The van der Waals surface area contributed by atoms with Gasteiger partial charge in [-0.15, -0.1) is 0 Å². The van der Waals surface area contributed by atoms with Crippen LogP contribution in [0.15, 0.2) is 42.5 Å². The summed E-state index contributed by atoms with van der Waals surface area (Å²) in [5.41, 5.74) is 6.64. The van der Waals surface area contributed by atoms with E-state index in [1.54, 1.807) is 18.2 Å². The topological polar surface area (TPSA) is 35.2 Å². The minimum absolute atomic E-state index is 0.0225. The predicted octanol–water partition coefficient (Wildman–Crippen LogP) is 4.68. The molecule has 0 bridgehead atoms. The highest BCUT2D eigenvalue weighted by atomic mass is 35.5. The van der Waals surface area contributed by atoms with Crippen LogP contribution in [0.25, 0.3) is 0 Å². The Kier molecular flexibility index (Phi) is 4.40. The molecule has 0 saturated carbocycles. The second kappa shape index (κ2) is 6.04. The van der Waals surface area contributed by atoms with Gasteiger partial charge in [0.25, 0.3) is 0 Å². The van der Waals surface area contributed by atoms with Crippen LogP contribution in [-0.2, 0) is 0 Å². The van der Waals surface area contributed by atoms with Crippen LogP contribution in [0.1, 0.15) is 24.9 Å². The second-order valence-corrected chi connectivity index (χ2v) is 4.59. The van der Waals surface area contributed by atoms with Crippen molar-refractivity contribution in [1.29, 1.82) is 0 Å². The van der Waals surface area contributed by atoms with Gasteiger partial charge in [-0.25, -0.2) is 4.39 Å². The fourth-order valence-electron chi connectivity index (χ4n) is 1.75. The second-order valence-electron chi connectivity index (χ2n) is 4.21. The molecule has 0 saturated heterocycles. The lowest BCUT2D eigenvalue weighted by Gasteiger charge is -2.15. The molecule has 2 nitrogen and oxygen atoms in total. The normalized spacial score (nSPS) is 12.2. The maximum absolute atomic E-state index is 13.8. The summed E-state index contributed by atoms with van der Waals surface area (Å²) < 4.78 is 19.3. The van der Waals surface area contributed by atoms with Crippen molar-refractivity contribution >= 4 is 11.6 Å². The molecular formula is C15H15ClFNO. The Bertz CT molecular complexity index is 560. The van der Waals surface area contributed by atoms with E-state index in [1.807, 2.05) is 25.1 Å². The Labute approximate surface area is 117 Å². The quantitative estimate of drug-likeness (QED) is 0.882. The number of halogens is 2. The van der Waals surface area contributed by atoms with Gasteiger partial charge < -0.3 is 10.5 Å². The number of hydrogen-bond acceptors (Lipinski definition) is 2. The van der Waals surface area contributed by atoms with Gasteiger partial charge >= 0.3 is 0 Å². The van der Waals surface area contributed by atoms with Gasteiger partial charge in [-0.1, -0.05) is 42.8 Å². The summed E-state index contributed by atoms with van der Waals surface area (Å²) >= 11 is 6.19. The summed E-state index contributed by atoms with van der Waals surface area (Å²) in [5.74, 6) is 0.0562. The molecule has 0 radical (unpaired) electrons. The number of benzene rings is 2. The Morgan fingerprint density at radius 2 is 1.89 bits per heavy atom. The number of nitrogens with two attached hydrogens (primary N) is 1. The Hall–Kier alpha value is -1.58. The zero-order chi connectivity index (χ0) is 13.8. The van der Waals surface area contributed by atoms with Gasteiger partial charge in [0.1, 0.15) is 5.75 Å². The first-order valence-corrected chi connectivity index (χ1v) is 6.47. The molecule has 0 fully saturated rings. The lowest BCUT2D eigenvalue weighted by Crippen LogP contribution is -2.10. The molecule has 19 heavy (non-hydrogen) atoms. The van der Waals surface area contributed by atoms with Crippen LogP contribution in [0.5, 0.6) is 11.5 Å². The first kappa shape index (κ1) is 13.8. The maximum Gasteiger partial charge on any atom is 0.181 e. The van der Waals surface area contributed by atoms with Crippen molar-refractivity contribution in [3.8, 4) is 11.5 Å². The first-order valence-electron chi connectivity index (χ1n) is 6.09. The zero-order valence-corrected chi connectivity index (χ0v) is 11.3. The molecule has 0 aliphatic carbocycles. The molecule has 0 spiro atoms. The molecule has 0 heterocycles. The molecule has 0 aliphatic rings. The standard InChI is InChI=1S/C15H15ClFNO/c1-2-13(18)11-8-9-12(17)15(14(11)16)19-10-6-4-3-5-7-10/h3-9,13H,2,18H2,1H3/t13-/m0/s1. The highest BCUT2D eigenvalue weighted by Gasteiger charge is 2.17. The summed E-state index contributed by atoms with van der Waals surface area (Å²) in [6.07, 6.45) is 0.718. The number of ether oxygens (including phenoxy) is 1. The van der Waals surface area contributed by atoms with Crippen molar-refractivity contribution < 1.29 is 9.13 Å². The molecule has 2 aromatic carbocycles. The van der Waals surface area contributed by atoms with Crippen molar-refractivity contribution in [1.82, 2.24) is 0 Å². The highest BCUT2D eigenvalue weighted by Crippen LogP contribution is 2.37. The van der Waals surface area contributed by atoms with E-state index in [4.69, 9.17) is 22.1 Å². The molecule has 2 rings (SSSR count). The molecule has 2 N–H and O–H groups in total. The number of para-hydroxylation sites is 1. The minimum Gasteiger partial charge on any atom is -0.453 e. The average Bonchev–Trinajstić information content (AvgIpc) is 2.44. The molecule has 0 aliphatic heterocycles. The molecule has 0 unspecified atom stereocenters. The Morgan fingerprint density at radius 1 is 1.21 bits per heavy atom. The highest BCUT2D eigenvalue weighted by molar-refractivity contribution is 6.33. The lowest BCUT2D eigenvalue weighted by atomic mass is 10.0. The molecule has 1 atom stereocenters. The van der Waals surface area contributed by atoms with Gasteiger partial charge in [0.15, 0.2) is 11.6 Å². The summed E-state index contributed by atoms with van der Waals surface area (Å²) in [6, 6.07) is 11.6. The van der Waals surface area contributed by atoms with Crippen molar-refractivity contribution in [3.63, 3.8) is 0 Å². The van der Waals surface area contributed by atoms with Gasteiger partial charge in [-0.2, -0.15) is 0 Å². The van der Waals surface area contributed by atoms with Gasteiger partial charge in [0, 0.05) is 6.04 Å². The van der Waals surface area contributed by atoms with Gasteiger partial charge in [-0.3, -0.25) is 0 Å². The fourth-order valence-corrected chi connectivity index (χ4v) is 2.09. The van der Waals surface area contributed by atoms with Crippen molar-refractivity contribution in [2.24, 2.45) is 5.73 Å². The first-order chi connectivity index (χ1) is 9.13. The van der Waals surface area contributed by atoms with E-state index in [-0.39, 0.29) is 16.8 Å². The van der Waals surface area contributed by atoms with Crippen molar-refractivity contribution in [2.75, 3.05) is 0 Å². The third kappa shape index (κ3) is 3.06. The number of hydrogen-bond donors (Lipinski definition) is 1. The predicted molar refractivity (Wildman–Crippen MR) is 75.1 cm³/mol. The van der Waals surface area contributed by atoms with Gasteiger partial charge in [-0.05, 0) is 30.2 Å². The molecule has 0 aromatic heterocycles. The van der Waals surface area contributed by atoms with Crippen LogP contribution in [-0.4, -0.2) is 0 Å². The third-order valence-corrected chi connectivity index (χ3v) is 3.27. The van der Waals surface area contributed by atoms with E-state index < -0.39 is 5.82 Å². The molecule has 2 aromatic rings. The minimum atomic E-state index is -0.499. The smallest absolute Gasteiger partial charge is 0.181 e. The summed E-state index contributed by atoms with van der Waals surface area (Å²) in [4.78, 5) is 0. The van der Waals surface area contributed by atoms with Crippen LogP contribution in [0.2, 0.25) is 5.02 Å². The average molecular weight is 280 g/mol. The van der Waals surface area contributed by atoms with Crippen LogP contribution in [0.4, 0.5) is 4.39 Å². The van der Waals surface area contributed by atoms with Crippen LogP contribution in [0, 0.1) is 5.82 Å². The largest absolute Gasteiger partial charge is 0.453 e. The van der Waals surface area contributed by atoms with Crippen molar-refractivity contribution in [2.45, 2.75) is 19.4 Å². The van der Waals surface area contributed by atoms with E-state index in [0.717, 1.165) is 6.42 Å². The van der Waals surface area contributed by atoms with E-state index in [9.17, 15) is 4.39 Å². The zero-order valence-electron chi connectivity index (χ0n) is 10.6. The Balaban J connectivity index is 2.39. The summed E-state index contributed by atoms with van der Waals surface area (Å²) in [7, 11) is 0. The van der Waals surface area contributed by atoms with E-state index in [2.05, 4.69) is 0 Å². The molecule has 100 valence electrons. The van der Waals surface area contributed by atoms with Crippen molar-refractivity contribution in [3.05, 3.63) is 58.9 Å². The third-order valence-electron chi connectivity index (χ3n) is 2.88. The van der Waals surface area contributed by atoms with Crippen LogP contribution in [0.3, 0.4) is 0 Å². The van der Waals surface area contributed by atoms with E-state index >= 15 is 0 Å². The summed E-state index contributed by atoms with van der Waals surface area (Å²) in [6.45, 7) is 1.95. The molecule has 0 amide bonds. The van der Waals surface area contributed by atoms with Crippen LogP contribution < -0.4 is 10.5 Å². The van der Waals surface area contributed by atoms with Crippen LogP contribution >= 0.6 is 11.6 Å². The molecular weight excluding hydrogens is 265 g/mol. The monoisotopic (exact) mass is 279 g/mol. The van der Waals surface area contributed by atoms with E-state index in [0.29, 0.717) is 11.3 Å².